The van der Waals surface area contributed by atoms with Gasteiger partial charge in [-0.2, -0.15) is 0 Å². The maximum absolute atomic E-state index is 6.27. The molecule has 1 aliphatic carbocycles. The molecule has 3 heteroatoms. The Kier molecular flexibility index (Phi) is 31.6. The lowest BCUT2D eigenvalue weighted by Crippen LogP contribution is -2.32. The van der Waals surface area contributed by atoms with Gasteiger partial charge in [-0.3, -0.25) is 0 Å². The fourth-order valence-corrected chi connectivity index (χ4v) is 6.47. The van der Waals surface area contributed by atoms with Crippen LogP contribution in [0, 0.1) is 0 Å². The highest BCUT2D eigenvalue weighted by Crippen LogP contribution is 2.22. The summed E-state index contributed by atoms with van der Waals surface area (Å²) < 4.78 is 0. The third kappa shape index (κ3) is 29.1. The number of hydrogen-bond acceptors (Lipinski definition) is 3. The maximum atomic E-state index is 6.27. The highest BCUT2D eigenvalue weighted by atomic mass is 16.6. The van der Waals surface area contributed by atoms with Gasteiger partial charge in [-0.05, 0) is 123 Å². The Labute approximate surface area is 294 Å². The molecule has 0 N–H and O–H groups in total. The van der Waals surface area contributed by atoms with Crippen molar-refractivity contribution in [1.82, 2.24) is 4.90 Å². The van der Waals surface area contributed by atoms with Crippen LogP contribution in [0.25, 0.3) is 0 Å². The molecule has 3 nitrogen and oxygen atoms in total. The van der Waals surface area contributed by atoms with Gasteiger partial charge in [-0.15, -0.1) is 0 Å². The first kappa shape index (κ1) is 43.4. The lowest BCUT2D eigenvalue weighted by Gasteiger charge is -2.28. The van der Waals surface area contributed by atoms with Crippen LogP contribution in [0.2, 0.25) is 0 Å². The van der Waals surface area contributed by atoms with E-state index >= 15 is 0 Å². The van der Waals surface area contributed by atoms with Crippen LogP contribution < -0.4 is 0 Å². The van der Waals surface area contributed by atoms with Crippen molar-refractivity contribution in [2.24, 2.45) is 5.16 Å². The van der Waals surface area contributed by atoms with Crippen LogP contribution in [0.1, 0.15) is 200 Å². The van der Waals surface area contributed by atoms with Crippen molar-refractivity contribution in [1.29, 1.82) is 0 Å². The predicted molar refractivity (Wildman–Crippen MR) is 212 cm³/mol. The van der Waals surface area contributed by atoms with Gasteiger partial charge in [0.05, 0.1) is 5.71 Å². The Bertz CT molecular complexity index is 798. The number of rotatable bonds is 32. The molecule has 1 saturated carbocycles. The highest BCUT2D eigenvalue weighted by Gasteiger charge is 2.20. The first-order chi connectivity index (χ1) is 23.2. The summed E-state index contributed by atoms with van der Waals surface area (Å²) >= 11 is 0. The van der Waals surface area contributed by atoms with E-state index in [1.807, 2.05) is 0 Å². The summed E-state index contributed by atoms with van der Waals surface area (Å²) in [4.78, 5) is 8.64. The SMILES string of the molecule is CCCC/C=C/C/C=C\CCCCCCCC[C@@H](CCCCCCCC/C=C\C/C=C\CCCCC)ON=C1CCC(N(C)C)CC1. The second-order valence-electron chi connectivity index (χ2n) is 14.5. The van der Waals surface area contributed by atoms with Crippen molar-refractivity contribution in [2.75, 3.05) is 14.1 Å². The minimum atomic E-state index is 0.307. The molecule has 272 valence electrons. The van der Waals surface area contributed by atoms with Gasteiger partial charge >= 0.3 is 0 Å². The Morgan fingerprint density at radius 1 is 0.553 bits per heavy atom. The number of nitrogens with zero attached hydrogens (tertiary/aromatic N) is 2. The smallest absolute Gasteiger partial charge is 0.127 e. The second-order valence-corrected chi connectivity index (χ2v) is 14.5. The minimum absolute atomic E-state index is 0.307. The van der Waals surface area contributed by atoms with E-state index in [2.05, 4.69) is 81.5 Å². The molecule has 0 aromatic heterocycles. The van der Waals surface area contributed by atoms with E-state index in [1.54, 1.807) is 0 Å². The molecule has 0 heterocycles. The van der Waals surface area contributed by atoms with Crippen molar-refractivity contribution in [3.05, 3.63) is 48.6 Å². The topological polar surface area (TPSA) is 24.8 Å². The van der Waals surface area contributed by atoms with Crippen molar-refractivity contribution in [3.63, 3.8) is 0 Å². The van der Waals surface area contributed by atoms with Gasteiger partial charge in [-0.25, -0.2) is 0 Å². The molecule has 1 fully saturated rings. The van der Waals surface area contributed by atoms with E-state index in [9.17, 15) is 0 Å². The van der Waals surface area contributed by atoms with Gasteiger partial charge in [0, 0.05) is 6.04 Å². The van der Waals surface area contributed by atoms with E-state index in [1.165, 1.54) is 166 Å². The molecule has 1 aliphatic rings. The molecule has 0 spiro atoms. The molecule has 0 aliphatic heterocycles. The third-order valence-corrected chi connectivity index (χ3v) is 9.80. The summed E-state index contributed by atoms with van der Waals surface area (Å²) in [6, 6.07) is 0.705. The van der Waals surface area contributed by atoms with Crippen LogP contribution in [0.5, 0.6) is 0 Å². The quantitative estimate of drug-likeness (QED) is 0.0410. The lowest BCUT2D eigenvalue weighted by molar-refractivity contribution is 0.0416. The van der Waals surface area contributed by atoms with Gasteiger partial charge in [0.15, 0.2) is 0 Å². The van der Waals surface area contributed by atoms with E-state index in [0.717, 1.165) is 25.7 Å². The number of allylic oxidation sites excluding steroid dienone is 8. The molecule has 0 aromatic rings. The molecular formula is C44H80N2O. The van der Waals surface area contributed by atoms with E-state index in [4.69, 9.17) is 9.99 Å². The van der Waals surface area contributed by atoms with Crippen LogP contribution in [0.4, 0.5) is 0 Å². The zero-order valence-electron chi connectivity index (χ0n) is 32.1. The van der Waals surface area contributed by atoms with Gasteiger partial charge in [-0.1, -0.05) is 145 Å². The third-order valence-electron chi connectivity index (χ3n) is 9.80. The maximum Gasteiger partial charge on any atom is 0.127 e. The fraction of sp³-hybridized carbons (Fsp3) is 0.795. The van der Waals surface area contributed by atoms with E-state index in [0.29, 0.717) is 12.1 Å². The van der Waals surface area contributed by atoms with E-state index in [-0.39, 0.29) is 0 Å². The number of hydrogen-bond donors (Lipinski definition) is 0. The summed E-state index contributed by atoms with van der Waals surface area (Å²) in [5.41, 5.74) is 1.30. The Morgan fingerprint density at radius 2 is 0.957 bits per heavy atom. The summed E-state index contributed by atoms with van der Waals surface area (Å²) in [5, 5.41) is 4.73. The number of unbranched alkanes of at least 4 members (excludes halogenated alkanes) is 17. The predicted octanol–water partition coefficient (Wildman–Crippen LogP) is 14.2. The molecule has 1 rings (SSSR count). The zero-order chi connectivity index (χ0) is 33.9. The molecular weight excluding hydrogens is 572 g/mol. The number of oxime groups is 1. The summed E-state index contributed by atoms with van der Waals surface area (Å²) in [6.07, 6.45) is 56.0. The second kappa shape index (κ2) is 34.3. The van der Waals surface area contributed by atoms with Crippen LogP contribution in [-0.2, 0) is 4.84 Å². The van der Waals surface area contributed by atoms with Crippen LogP contribution in [-0.4, -0.2) is 36.9 Å². The zero-order valence-corrected chi connectivity index (χ0v) is 32.1. The largest absolute Gasteiger partial charge is 0.393 e. The molecule has 0 aromatic carbocycles. The summed E-state index contributed by atoms with van der Waals surface area (Å²) in [7, 11) is 4.41. The summed E-state index contributed by atoms with van der Waals surface area (Å²) in [5.74, 6) is 0. The van der Waals surface area contributed by atoms with Crippen molar-refractivity contribution < 1.29 is 4.84 Å². The average molecular weight is 653 g/mol. The van der Waals surface area contributed by atoms with Crippen LogP contribution in [0.3, 0.4) is 0 Å². The van der Waals surface area contributed by atoms with Crippen molar-refractivity contribution >= 4 is 5.71 Å². The van der Waals surface area contributed by atoms with Crippen LogP contribution >= 0.6 is 0 Å². The minimum Gasteiger partial charge on any atom is -0.393 e. The molecule has 0 bridgehead atoms. The Morgan fingerprint density at radius 3 is 1.40 bits per heavy atom. The van der Waals surface area contributed by atoms with Crippen molar-refractivity contribution in [2.45, 2.75) is 212 Å². The first-order valence-corrected chi connectivity index (χ1v) is 20.6. The average Bonchev–Trinajstić information content (AvgIpc) is 3.08. The van der Waals surface area contributed by atoms with Gasteiger partial charge in [0.1, 0.15) is 6.10 Å². The molecule has 1 atom stereocenters. The first-order valence-electron chi connectivity index (χ1n) is 20.6. The summed E-state index contributed by atoms with van der Waals surface area (Å²) in [6.45, 7) is 4.53. The van der Waals surface area contributed by atoms with Gasteiger partial charge in [0.2, 0.25) is 0 Å². The monoisotopic (exact) mass is 653 g/mol. The van der Waals surface area contributed by atoms with Gasteiger partial charge in [0.25, 0.3) is 0 Å². The van der Waals surface area contributed by atoms with E-state index < -0.39 is 0 Å². The molecule has 47 heavy (non-hydrogen) atoms. The molecule has 0 saturated heterocycles. The molecule has 0 amide bonds. The van der Waals surface area contributed by atoms with Crippen molar-refractivity contribution in [3.8, 4) is 0 Å². The Hall–Kier alpha value is -1.61. The van der Waals surface area contributed by atoms with Gasteiger partial charge < -0.3 is 9.74 Å². The normalized spacial score (nSPS) is 16.5. The molecule has 0 radical (unpaired) electrons. The Balaban J connectivity index is 2.20. The van der Waals surface area contributed by atoms with Crippen LogP contribution in [0.15, 0.2) is 53.8 Å². The lowest BCUT2D eigenvalue weighted by atomic mass is 9.93. The standard InChI is InChI=1S/C44H80N2O/c1-5-7-9-11-13-15-17-19-21-23-25-27-29-31-33-35-37-44(47-45-42-38-40-43(41-39-42)46(3)4)36-34-32-30-28-26-24-22-20-18-16-14-12-10-8-6-2/h12-15,18-21,43-44H,5-11,16-17,22-41H2,1-4H3/b14-12+,15-13-,20-18-,21-19-,45-42?/t43?,44-/m0/s1. The highest BCUT2D eigenvalue weighted by molar-refractivity contribution is 5.84. The molecule has 0 unspecified atom stereocenters. The fourth-order valence-electron chi connectivity index (χ4n) is 6.47.